The van der Waals surface area contributed by atoms with Crippen LogP contribution in [0.2, 0.25) is 0 Å². The zero-order chi connectivity index (χ0) is 18.4. The van der Waals surface area contributed by atoms with Gasteiger partial charge in [-0.15, -0.1) is 5.92 Å². The maximum Gasteiger partial charge on any atom is 0.232 e. The van der Waals surface area contributed by atoms with E-state index in [1.165, 1.54) is 5.56 Å². The van der Waals surface area contributed by atoms with E-state index in [1.807, 2.05) is 6.26 Å². The van der Waals surface area contributed by atoms with Crippen molar-refractivity contribution in [1.29, 1.82) is 0 Å². The van der Waals surface area contributed by atoms with Crippen molar-refractivity contribution < 1.29 is 4.79 Å². The fourth-order valence-electron chi connectivity index (χ4n) is 4.50. The molecule has 3 nitrogen and oxygen atoms in total. The van der Waals surface area contributed by atoms with Crippen molar-refractivity contribution in [3.8, 4) is 11.8 Å². The number of fused-ring (bicyclic) bond motifs is 1. The number of hydrogen-bond donors (Lipinski definition) is 0. The average Bonchev–Trinajstić information content (AvgIpc) is 3.15. The van der Waals surface area contributed by atoms with Gasteiger partial charge in [0.05, 0.1) is 12.3 Å². The summed E-state index contributed by atoms with van der Waals surface area (Å²) in [5, 5.41) is 0. The minimum atomic E-state index is 0.234. The number of rotatable bonds is 6. The Balaban J connectivity index is 1.70. The quantitative estimate of drug-likeness (QED) is 0.719. The fourth-order valence-corrected chi connectivity index (χ4v) is 4.93. The van der Waals surface area contributed by atoms with E-state index in [4.69, 9.17) is 0 Å². The van der Waals surface area contributed by atoms with E-state index in [0.29, 0.717) is 17.6 Å². The monoisotopic (exact) mass is 370 g/mol. The highest BCUT2D eigenvalue weighted by Gasteiger charge is 2.52. The summed E-state index contributed by atoms with van der Waals surface area (Å²) in [6, 6.07) is 10.8. The van der Waals surface area contributed by atoms with Crippen molar-refractivity contribution in [2.75, 3.05) is 44.7 Å². The zero-order valence-electron chi connectivity index (χ0n) is 16.0. The summed E-state index contributed by atoms with van der Waals surface area (Å²) in [5.74, 6) is 8.00. The molecule has 3 rings (SSSR count). The number of carbonyl (C=O) groups excluding carboxylic acids is 1. The van der Waals surface area contributed by atoms with Gasteiger partial charge in [-0.05, 0) is 30.6 Å². The summed E-state index contributed by atoms with van der Waals surface area (Å²) in [7, 11) is 0. The highest BCUT2D eigenvalue weighted by Crippen LogP contribution is 2.45. The summed E-state index contributed by atoms with van der Waals surface area (Å²) in [4.78, 5) is 17.1. The molecule has 2 aliphatic rings. The predicted octanol–water partition coefficient (Wildman–Crippen LogP) is 3.16. The Morgan fingerprint density at radius 1 is 1.23 bits per heavy atom. The first-order valence-electron chi connectivity index (χ1n) is 9.65. The zero-order valence-corrected chi connectivity index (χ0v) is 16.9. The second-order valence-corrected chi connectivity index (χ2v) is 8.49. The maximum atomic E-state index is 12.5. The minimum absolute atomic E-state index is 0.234. The number of nitrogens with zero attached hydrogens (tertiary/aromatic N) is 2. The van der Waals surface area contributed by atoms with Crippen LogP contribution in [0.1, 0.15) is 25.3 Å². The van der Waals surface area contributed by atoms with Gasteiger partial charge in [0.2, 0.25) is 5.91 Å². The van der Waals surface area contributed by atoms with Crippen molar-refractivity contribution in [2.45, 2.75) is 26.2 Å². The highest BCUT2D eigenvalue weighted by atomic mass is 32.2. The molecule has 2 heterocycles. The minimum Gasteiger partial charge on any atom is -0.341 e. The number of benzene rings is 1. The lowest BCUT2D eigenvalue weighted by Gasteiger charge is -2.29. The van der Waals surface area contributed by atoms with Crippen LogP contribution in [0, 0.1) is 23.2 Å². The molecule has 1 amide bonds. The largest absolute Gasteiger partial charge is 0.341 e. The third-order valence-electron chi connectivity index (χ3n) is 5.81. The van der Waals surface area contributed by atoms with Crippen molar-refractivity contribution in [2.24, 2.45) is 11.3 Å². The van der Waals surface area contributed by atoms with Gasteiger partial charge in [-0.25, -0.2) is 0 Å². The molecule has 0 bridgehead atoms. The summed E-state index contributed by atoms with van der Waals surface area (Å²) < 4.78 is 0. The number of aryl methyl sites for hydroxylation is 1. The van der Waals surface area contributed by atoms with Crippen LogP contribution in [-0.2, 0) is 11.2 Å². The molecule has 2 aliphatic heterocycles. The predicted molar refractivity (Wildman–Crippen MR) is 110 cm³/mol. The molecule has 0 N–H and O–H groups in total. The molecule has 0 spiro atoms. The van der Waals surface area contributed by atoms with E-state index in [2.05, 4.69) is 58.9 Å². The SMILES string of the molecule is CCC#CCN1CC2CN(C(=O)CSC)CC2(CCc2ccccc2)C1. The van der Waals surface area contributed by atoms with Crippen LogP contribution < -0.4 is 0 Å². The van der Waals surface area contributed by atoms with Gasteiger partial charge in [0.1, 0.15) is 0 Å². The maximum absolute atomic E-state index is 12.5. The van der Waals surface area contributed by atoms with Crippen molar-refractivity contribution in [1.82, 2.24) is 9.80 Å². The van der Waals surface area contributed by atoms with Gasteiger partial charge in [-0.2, -0.15) is 11.8 Å². The summed E-state index contributed by atoms with van der Waals surface area (Å²) in [6.07, 6.45) is 5.18. The van der Waals surface area contributed by atoms with Crippen LogP contribution in [0.3, 0.4) is 0 Å². The number of thioether (sulfide) groups is 1. The molecule has 2 saturated heterocycles. The third-order valence-corrected chi connectivity index (χ3v) is 6.34. The second kappa shape index (κ2) is 8.97. The Morgan fingerprint density at radius 2 is 2.04 bits per heavy atom. The van der Waals surface area contributed by atoms with Crippen LogP contribution in [-0.4, -0.2) is 60.4 Å². The summed E-state index contributed by atoms with van der Waals surface area (Å²) in [6.45, 7) is 6.97. The number of carbonyl (C=O) groups is 1. The normalized spacial score (nSPS) is 25.0. The molecule has 2 atom stereocenters. The third kappa shape index (κ3) is 4.45. The highest BCUT2D eigenvalue weighted by molar-refractivity contribution is 7.99. The topological polar surface area (TPSA) is 23.6 Å². The van der Waals surface area contributed by atoms with E-state index < -0.39 is 0 Å². The molecular formula is C22H30N2OS. The molecule has 26 heavy (non-hydrogen) atoms. The van der Waals surface area contributed by atoms with E-state index in [-0.39, 0.29) is 5.41 Å². The van der Waals surface area contributed by atoms with Gasteiger partial charge in [-0.1, -0.05) is 43.2 Å². The van der Waals surface area contributed by atoms with Crippen LogP contribution in [0.15, 0.2) is 30.3 Å². The molecule has 0 aliphatic carbocycles. The van der Waals surface area contributed by atoms with Crippen LogP contribution >= 0.6 is 11.8 Å². The molecule has 0 aromatic heterocycles. The van der Waals surface area contributed by atoms with Gasteiger partial charge >= 0.3 is 0 Å². The molecular weight excluding hydrogens is 340 g/mol. The smallest absolute Gasteiger partial charge is 0.232 e. The van der Waals surface area contributed by atoms with Gasteiger partial charge in [0, 0.05) is 38.0 Å². The lowest BCUT2D eigenvalue weighted by molar-refractivity contribution is -0.127. The van der Waals surface area contributed by atoms with Gasteiger partial charge in [0.15, 0.2) is 0 Å². The fraction of sp³-hybridized carbons (Fsp3) is 0.591. The molecule has 1 aromatic rings. The first-order valence-corrected chi connectivity index (χ1v) is 11.0. The number of hydrogen-bond acceptors (Lipinski definition) is 3. The van der Waals surface area contributed by atoms with Gasteiger partial charge in [-0.3, -0.25) is 9.69 Å². The van der Waals surface area contributed by atoms with E-state index >= 15 is 0 Å². The average molecular weight is 371 g/mol. The summed E-state index contributed by atoms with van der Waals surface area (Å²) >= 11 is 1.63. The Bertz CT molecular complexity index is 666. The van der Waals surface area contributed by atoms with Crippen molar-refractivity contribution >= 4 is 17.7 Å². The number of likely N-dealkylation sites (tertiary alicyclic amines) is 2. The van der Waals surface area contributed by atoms with Crippen molar-refractivity contribution in [3.63, 3.8) is 0 Å². The standard InChI is InChI=1S/C22H30N2OS/c1-3-4-8-13-23-14-20-15-24(21(25)16-26-2)18-22(20,17-23)12-11-19-9-6-5-7-10-19/h5-7,9-10,20H,3,11-18H2,1-2H3. The second-order valence-electron chi connectivity index (χ2n) is 7.63. The molecule has 2 fully saturated rings. The van der Waals surface area contributed by atoms with Crippen LogP contribution in [0.4, 0.5) is 0 Å². The molecule has 4 heteroatoms. The molecule has 140 valence electrons. The molecule has 0 saturated carbocycles. The first kappa shape index (κ1) is 19.3. The van der Waals surface area contributed by atoms with E-state index in [1.54, 1.807) is 11.8 Å². The van der Waals surface area contributed by atoms with E-state index in [9.17, 15) is 4.79 Å². The Morgan fingerprint density at radius 3 is 2.77 bits per heavy atom. The lowest BCUT2D eigenvalue weighted by atomic mass is 9.76. The van der Waals surface area contributed by atoms with Crippen molar-refractivity contribution in [3.05, 3.63) is 35.9 Å². The van der Waals surface area contributed by atoms with Gasteiger partial charge in [0.25, 0.3) is 0 Å². The lowest BCUT2D eigenvalue weighted by Crippen LogP contribution is -2.38. The molecule has 0 radical (unpaired) electrons. The Labute approximate surface area is 162 Å². The van der Waals surface area contributed by atoms with Crippen LogP contribution in [0.5, 0.6) is 0 Å². The Hall–Kier alpha value is -1.44. The Kier molecular flexibility index (Phi) is 6.67. The molecule has 2 unspecified atom stereocenters. The van der Waals surface area contributed by atoms with Crippen LogP contribution in [0.25, 0.3) is 0 Å². The molecule has 1 aromatic carbocycles. The number of amides is 1. The first-order chi connectivity index (χ1) is 12.7. The van der Waals surface area contributed by atoms with Gasteiger partial charge < -0.3 is 4.90 Å². The summed E-state index contributed by atoms with van der Waals surface area (Å²) in [5.41, 5.74) is 1.64. The van der Waals surface area contributed by atoms with E-state index in [0.717, 1.165) is 52.0 Å².